The summed E-state index contributed by atoms with van der Waals surface area (Å²) < 4.78 is 9.24. The number of aliphatic hydroxyl groups excluding tert-OH is 2. The Morgan fingerprint density at radius 2 is 0.769 bits per heavy atom. The Morgan fingerprint density at radius 3 is 1.03 bits per heavy atom. The number of ether oxygens (including phenoxy) is 2. The van der Waals surface area contributed by atoms with Crippen LogP contribution in [0.25, 0.3) is 0 Å². The third kappa shape index (κ3) is 50.5. The number of aliphatic carboxylic acids is 6. The van der Waals surface area contributed by atoms with Crippen molar-refractivity contribution in [2.24, 2.45) is 0 Å². The van der Waals surface area contributed by atoms with Gasteiger partial charge in [-0.1, -0.05) is 0 Å². The summed E-state index contributed by atoms with van der Waals surface area (Å²) >= 11 is 0. The lowest BCUT2D eigenvalue weighted by molar-refractivity contribution is -0.151. The van der Waals surface area contributed by atoms with E-state index in [4.69, 9.17) is 40.9 Å². The van der Waals surface area contributed by atoms with Gasteiger partial charge in [0, 0.05) is 48.6 Å². The third-order valence-electron chi connectivity index (χ3n) is 2.34. The van der Waals surface area contributed by atoms with Gasteiger partial charge in [0.25, 0.3) is 0 Å². The van der Waals surface area contributed by atoms with Gasteiger partial charge in [-0.2, -0.15) is 0 Å². The third-order valence-corrected chi connectivity index (χ3v) is 2.34. The van der Waals surface area contributed by atoms with E-state index in [1.807, 2.05) is 0 Å². The molecule has 0 amide bonds. The lowest BCUT2D eigenvalue weighted by Crippen LogP contribution is -2.21. The topological polar surface area (TPSA) is 317 Å². The molecule has 0 aliphatic heterocycles. The van der Waals surface area contributed by atoms with Crippen LogP contribution in [0.5, 0.6) is 0 Å². The van der Waals surface area contributed by atoms with Crippen molar-refractivity contribution in [3.05, 3.63) is 48.6 Å². The molecule has 0 rings (SSSR count). The molecule has 0 aromatic carbocycles. The predicted molar refractivity (Wildman–Crippen MR) is 123 cm³/mol. The highest BCUT2D eigenvalue weighted by Crippen LogP contribution is 1.95. The fraction of sp³-hybridized carbons (Fsp3) is 0.238. The molecule has 0 saturated carbocycles. The van der Waals surface area contributed by atoms with Crippen LogP contribution in [0, 0.1) is 0 Å². The molecule has 39 heavy (non-hydrogen) atoms. The van der Waals surface area contributed by atoms with Crippen LogP contribution in [-0.2, 0) is 47.8 Å². The Bertz CT molecular complexity index is 873. The van der Waals surface area contributed by atoms with E-state index in [1.165, 1.54) is 6.92 Å². The van der Waals surface area contributed by atoms with E-state index in [0.717, 1.165) is 0 Å². The lowest BCUT2D eigenvalue weighted by Gasteiger charge is -2.11. The second-order valence-electron chi connectivity index (χ2n) is 5.69. The number of hydrogen-bond acceptors (Lipinski definition) is 12. The van der Waals surface area contributed by atoms with Gasteiger partial charge in [-0.15, -0.1) is 0 Å². The highest BCUT2D eigenvalue weighted by molar-refractivity contribution is 5.92. The number of carboxylic acids is 6. The van der Waals surface area contributed by atoms with Crippen LogP contribution >= 0.6 is 0 Å². The van der Waals surface area contributed by atoms with E-state index >= 15 is 0 Å². The van der Waals surface area contributed by atoms with Gasteiger partial charge in [0.2, 0.25) is 0 Å². The zero-order valence-corrected chi connectivity index (χ0v) is 20.0. The Balaban J connectivity index is -0.000000252. The summed E-state index contributed by atoms with van der Waals surface area (Å²) in [6.07, 6.45) is 4.07. The molecule has 1 unspecified atom stereocenters. The summed E-state index contributed by atoms with van der Waals surface area (Å²) in [5.41, 5.74) is 0. The van der Waals surface area contributed by atoms with Crippen LogP contribution < -0.4 is 0 Å². The molecule has 0 aliphatic rings. The summed E-state index contributed by atoms with van der Waals surface area (Å²) in [7, 11) is 0. The highest BCUT2D eigenvalue weighted by Gasteiger charge is 2.09. The molecular formula is C21H26O18. The van der Waals surface area contributed by atoms with Crippen molar-refractivity contribution in [3.63, 3.8) is 0 Å². The first-order valence-corrected chi connectivity index (χ1v) is 9.67. The van der Waals surface area contributed by atoms with Crippen LogP contribution in [-0.4, -0.2) is 115 Å². The van der Waals surface area contributed by atoms with Gasteiger partial charge in [0.1, 0.15) is 12.7 Å². The Morgan fingerprint density at radius 1 is 0.513 bits per heavy atom. The standard InChI is InChI=1S/C11H12O8.2C4H4O4.C2H6O2/c1-7(19-11(17)5-3-9(14)15)6-18-10(16)4-2-8(12)13;2*5-3(6)1-2-4(7)8;3-1-2-4/h2-5,7H,6H2,1H3,(H,12,13)(H,14,15);2*1-2H,(H,5,6)(H,7,8);3-4H,1-2H2/b4-2+,5-3+;2*2-1+;. The molecule has 0 bridgehead atoms. The van der Waals surface area contributed by atoms with Gasteiger partial charge in [0.15, 0.2) is 0 Å². The largest absolute Gasteiger partial charge is 0.478 e. The summed E-state index contributed by atoms with van der Waals surface area (Å²) in [5, 5.41) is 63.0. The Hall–Kier alpha value is -5.36. The molecule has 0 spiro atoms. The number of aliphatic hydroxyl groups is 2. The fourth-order valence-electron chi connectivity index (χ4n) is 1.08. The second kappa shape index (κ2) is 27.2. The van der Waals surface area contributed by atoms with Crippen molar-refractivity contribution in [2.45, 2.75) is 13.0 Å². The molecular weight excluding hydrogens is 540 g/mol. The second-order valence-corrected chi connectivity index (χ2v) is 5.69. The van der Waals surface area contributed by atoms with Crippen LogP contribution in [0.1, 0.15) is 6.92 Å². The van der Waals surface area contributed by atoms with Gasteiger partial charge in [-0.05, 0) is 6.92 Å². The Kier molecular flexibility index (Phi) is 28.5. The first-order valence-electron chi connectivity index (χ1n) is 9.67. The number of carbonyl (C=O) groups excluding carboxylic acids is 2. The molecule has 1 atom stereocenters. The van der Waals surface area contributed by atoms with Gasteiger partial charge in [-0.3, -0.25) is 0 Å². The van der Waals surface area contributed by atoms with Crippen LogP contribution in [0.2, 0.25) is 0 Å². The number of rotatable bonds is 12. The smallest absolute Gasteiger partial charge is 0.331 e. The normalized spacial score (nSPS) is 10.6. The molecule has 0 aromatic rings. The number of esters is 2. The van der Waals surface area contributed by atoms with Crippen LogP contribution in [0.15, 0.2) is 48.6 Å². The zero-order chi connectivity index (χ0) is 31.4. The van der Waals surface area contributed by atoms with Crippen molar-refractivity contribution >= 4 is 47.8 Å². The molecule has 0 fully saturated rings. The van der Waals surface area contributed by atoms with Crippen molar-refractivity contribution in [3.8, 4) is 0 Å². The molecule has 0 saturated heterocycles. The maximum atomic E-state index is 11.0. The van der Waals surface area contributed by atoms with Crippen LogP contribution in [0.3, 0.4) is 0 Å². The highest BCUT2D eigenvalue weighted by atomic mass is 16.6. The van der Waals surface area contributed by atoms with Gasteiger partial charge < -0.3 is 50.3 Å². The summed E-state index contributed by atoms with van der Waals surface area (Å²) in [6, 6.07) is 0. The van der Waals surface area contributed by atoms with E-state index < -0.39 is 53.9 Å². The summed E-state index contributed by atoms with van der Waals surface area (Å²) in [5.74, 6) is -9.41. The minimum Gasteiger partial charge on any atom is -0.478 e. The van der Waals surface area contributed by atoms with Crippen molar-refractivity contribution in [2.75, 3.05) is 19.8 Å². The van der Waals surface area contributed by atoms with Gasteiger partial charge in [0.05, 0.1) is 13.2 Å². The summed E-state index contributed by atoms with van der Waals surface area (Å²) in [4.78, 5) is 80.4. The SMILES string of the molecule is CC(COC(=O)/C=C/C(=O)O)OC(=O)/C=C/C(=O)O.O=C(O)/C=C/C(=O)O.O=C(O)/C=C/C(=O)O.OCCO. The monoisotopic (exact) mass is 566 g/mol. The van der Waals surface area contributed by atoms with E-state index in [-0.39, 0.29) is 19.8 Å². The Labute approximate surface area is 218 Å². The number of hydrogen-bond donors (Lipinski definition) is 8. The van der Waals surface area contributed by atoms with E-state index in [0.29, 0.717) is 48.6 Å². The van der Waals surface area contributed by atoms with Gasteiger partial charge in [-0.25, -0.2) is 38.4 Å². The zero-order valence-electron chi connectivity index (χ0n) is 20.0. The van der Waals surface area contributed by atoms with Crippen LogP contribution in [0.4, 0.5) is 0 Å². The maximum Gasteiger partial charge on any atom is 0.331 e. The molecule has 18 heteroatoms. The van der Waals surface area contributed by atoms with Crippen molar-refractivity contribution < 1.29 is 88.7 Å². The van der Waals surface area contributed by atoms with E-state index in [1.54, 1.807) is 0 Å². The van der Waals surface area contributed by atoms with Gasteiger partial charge >= 0.3 is 47.8 Å². The first-order chi connectivity index (χ1) is 18.0. The maximum absolute atomic E-state index is 11.0. The molecule has 0 aliphatic carbocycles. The van der Waals surface area contributed by atoms with E-state index in [9.17, 15) is 38.4 Å². The van der Waals surface area contributed by atoms with Crippen molar-refractivity contribution in [1.29, 1.82) is 0 Å². The van der Waals surface area contributed by atoms with E-state index in [2.05, 4.69) is 9.47 Å². The first kappa shape index (κ1) is 40.8. The molecule has 0 aromatic heterocycles. The molecule has 218 valence electrons. The lowest BCUT2D eigenvalue weighted by atomic mass is 10.4. The molecule has 8 N–H and O–H groups in total. The molecule has 0 radical (unpaired) electrons. The number of carbonyl (C=O) groups is 8. The van der Waals surface area contributed by atoms with Crippen molar-refractivity contribution in [1.82, 2.24) is 0 Å². The average molecular weight is 566 g/mol. The molecule has 18 nitrogen and oxygen atoms in total. The minimum absolute atomic E-state index is 0.125. The fourth-order valence-corrected chi connectivity index (χ4v) is 1.08. The minimum atomic E-state index is -1.30. The number of carboxylic acid groups (broad SMARTS) is 6. The average Bonchev–Trinajstić information content (AvgIpc) is 2.83. The predicted octanol–water partition coefficient (Wildman–Crippen LogP) is -1.86. The summed E-state index contributed by atoms with van der Waals surface area (Å²) in [6.45, 7) is 0.885. The molecule has 0 heterocycles. The quantitative estimate of drug-likeness (QED) is 0.0947.